The fraction of sp³-hybridized carbons (Fsp3) is 0.357. The fourth-order valence-corrected chi connectivity index (χ4v) is 3.34. The minimum atomic E-state index is -0.268. The molecule has 0 amide bonds. The first-order valence-electron chi connectivity index (χ1n) is 5.95. The highest BCUT2D eigenvalue weighted by atomic mass is 79.9. The van der Waals surface area contributed by atoms with Gasteiger partial charge in [0, 0.05) is 34.9 Å². The molecule has 5 heteroatoms. The number of nitrogens with zero attached hydrogens (tertiary/aromatic N) is 2. The van der Waals surface area contributed by atoms with Crippen molar-refractivity contribution in [3.8, 4) is 0 Å². The van der Waals surface area contributed by atoms with Crippen LogP contribution in [0.3, 0.4) is 0 Å². The van der Waals surface area contributed by atoms with Gasteiger partial charge >= 0.3 is 0 Å². The van der Waals surface area contributed by atoms with Crippen molar-refractivity contribution in [1.82, 2.24) is 9.78 Å². The van der Waals surface area contributed by atoms with Gasteiger partial charge in [-0.05, 0) is 29.7 Å². The highest BCUT2D eigenvalue weighted by Gasteiger charge is 2.31. The van der Waals surface area contributed by atoms with Crippen LogP contribution in [-0.4, -0.2) is 21.5 Å². The van der Waals surface area contributed by atoms with E-state index in [0.717, 1.165) is 22.0 Å². The molecule has 1 aromatic carbocycles. The molecular weight excluding hydrogens is 347 g/mol. The number of benzene rings is 1. The molecule has 2 aromatic rings. The molecular formula is C14H15BrCl2N2. The molecule has 2 nitrogen and oxygen atoms in total. The predicted molar refractivity (Wildman–Crippen MR) is 84.2 cm³/mol. The van der Waals surface area contributed by atoms with Crippen molar-refractivity contribution < 1.29 is 0 Å². The van der Waals surface area contributed by atoms with Crippen molar-refractivity contribution in [3.05, 3.63) is 52.3 Å². The second kappa shape index (κ2) is 6.29. The van der Waals surface area contributed by atoms with Crippen molar-refractivity contribution in [2.75, 3.05) is 11.8 Å². The summed E-state index contributed by atoms with van der Waals surface area (Å²) in [6.45, 7) is 0. The van der Waals surface area contributed by atoms with Gasteiger partial charge in [0.2, 0.25) is 0 Å². The number of alkyl halides is 2. The van der Waals surface area contributed by atoms with Gasteiger partial charge in [-0.2, -0.15) is 5.10 Å². The van der Waals surface area contributed by atoms with Gasteiger partial charge in [0.05, 0.1) is 6.20 Å². The van der Waals surface area contributed by atoms with E-state index in [-0.39, 0.29) is 5.41 Å². The van der Waals surface area contributed by atoms with Crippen LogP contribution in [0.2, 0.25) is 0 Å². The summed E-state index contributed by atoms with van der Waals surface area (Å²) in [5, 5.41) is 4.20. The van der Waals surface area contributed by atoms with Gasteiger partial charge < -0.3 is 0 Å². The second-order valence-electron chi connectivity index (χ2n) is 4.76. The monoisotopic (exact) mass is 360 g/mol. The quantitative estimate of drug-likeness (QED) is 0.732. The molecule has 1 heterocycles. The molecule has 0 saturated carbocycles. The molecule has 0 atom stereocenters. The Hall–Kier alpha value is -0.510. The molecule has 102 valence electrons. The lowest BCUT2D eigenvalue weighted by Gasteiger charge is -2.30. The summed E-state index contributed by atoms with van der Waals surface area (Å²) in [7, 11) is 1.91. The number of hydrogen-bond acceptors (Lipinski definition) is 1. The first-order valence-corrected chi connectivity index (χ1v) is 7.81. The van der Waals surface area contributed by atoms with Crippen molar-refractivity contribution >= 4 is 39.1 Å². The fourth-order valence-electron chi connectivity index (χ4n) is 2.16. The maximum absolute atomic E-state index is 6.24. The highest BCUT2D eigenvalue weighted by molar-refractivity contribution is 9.10. The van der Waals surface area contributed by atoms with Crippen molar-refractivity contribution in [3.63, 3.8) is 0 Å². The first kappa shape index (κ1) is 14.9. The second-order valence-corrected chi connectivity index (χ2v) is 6.21. The van der Waals surface area contributed by atoms with Crippen LogP contribution in [0.15, 0.2) is 41.1 Å². The van der Waals surface area contributed by atoms with Crippen LogP contribution in [0.5, 0.6) is 0 Å². The van der Waals surface area contributed by atoms with Gasteiger partial charge in [0.25, 0.3) is 0 Å². The topological polar surface area (TPSA) is 17.8 Å². The summed E-state index contributed by atoms with van der Waals surface area (Å²) in [6, 6.07) is 8.17. The van der Waals surface area contributed by atoms with E-state index in [1.807, 2.05) is 31.6 Å². The first-order chi connectivity index (χ1) is 9.09. The Morgan fingerprint density at radius 2 is 2.05 bits per heavy atom. The summed E-state index contributed by atoms with van der Waals surface area (Å²) >= 11 is 16.0. The zero-order valence-electron chi connectivity index (χ0n) is 10.6. The molecule has 2 rings (SSSR count). The average molecular weight is 362 g/mol. The van der Waals surface area contributed by atoms with Gasteiger partial charge in [0.1, 0.15) is 0 Å². The SMILES string of the molecule is Cn1cc(CC(CCl)(CCl)c2cccc(Br)c2)cn1. The van der Waals surface area contributed by atoms with Crippen molar-refractivity contribution in [2.45, 2.75) is 11.8 Å². The van der Waals surface area contributed by atoms with Gasteiger partial charge in [0.15, 0.2) is 0 Å². The zero-order chi connectivity index (χ0) is 13.9. The molecule has 0 saturated heterocycles. The molecule has 0 spiro atoms. The Labute approximate surface area is 131 Å². The number of hydrogen-bond donors (Lipinski definition) is 0. The van der Waals surface area contributed by atoms with Crippen LogP contribution in [0.4, 0.5) is 0 Å². The van der Waals surface area contributed by atoms with E-state index in [0.29, 0.717) is 11.8 Å². The lowest BCUT2D eigenvalue weighted by atomic mass is 9.79. The normalized spacial score (nSPS) is 11.8. The zero-order valence-corrected chi connectivity index (χ0v) is 13.7. The standard InChI is InChI=1S/C14H15BrCl2N2/c1-19-8-11(7-18-19)6-14(9-16,10-17)12-3-2-4-13(15)5-12/h2-5,7-8H,6,9-10H2,1H3. The third-order valence-corrected chi connectivity index (χ3v) is 4.77. The predicted octanol–water partition coefficient (Wildman–Crippen LogP) is 4.14. The lowest BCUT2D eigenvalue weighted by Crippen LogP contribution is -2.33. The summed E-state index contributed by atoms with van der Waals surface area (Å²) in [4.78, 5) is 0. The van der Waals surface area contributed by atoms with Gasteiger partial charge in [-0.15, -0.1) is 23.2 Å². The van der Waals surface area contributed by atoms with Gasteiger partial charge in [-0.25, -0.2) is 0 Å². The summed E-state index contributed by atoms with van der Waals surface area (Å²) in [6.07, 6.45) is 4.65. The Kier molecular flexibility index (Phi) is 4.93. The molecule has 0 unspecified atom stereocenters. The van der Waals surface area contributed by atoms with E-state index in [9.17, 15) is 0 Å². The Balaban J connectivity index is 2.37. The van der Waals surface area contributed by atoms with E-state index in [2.05, 4.69) is 33.2 Å². The highest BCUT2D eigenvalue weighted by Crippen LogP contribution is 2.33. The maximum Gasteiger partial charge on any atom is 0.0521 e. The Bertz CT molecular complexity index is 550. The number of rotatable bonds is 5. The minimum absolute atomic E-state index is 0.268. The van der Waals surface area contributed by atoms with Gasteiger partial charge in [-0.3, -0.25) is 4.68 Å². The largest absolute Gasteiger partial charge is 0.276 e. The molecule has 0 aliphatic heterocycles. The third-order valence-electron chi connectivity index (χ3n) is 3.25. The van der Waals surface area contributed by atoms with E-state index in [1.54, 1.807) is 4.68 Å². The van der Waals surface area contributed by atoms with Crippen molar-refractivity contribution in [2.24, 2.45) is 7.05 Å². The molecule has 0 bridgehead atoms. The van der Waals surface area contributed by atoms with Crippen LogP contribution in [-0.2, 0) is 18.9 Å². The molecule has 0 fully saturated rings. The van der Waals surface area contributed by atoms with E-state index >= 15 is 0 Å². The third kappa shape index (κ3) is 3.33. The van der Waals surface area contributed by atoms with Crippen LogP contribution in [0.1, 0.15) is 11.1 Å². The van der Waals surface area contributed by atoms with Crippen LogP contribution in [0.25, 0.3) is 0 Å². The smallest absolute Gasteiger partial charge is 0.0521 e. The molecule has 19 heavy (non-hydrogen) atoms. The molecule has 1 aromatic heterocycles. The van der Waals surface area contributed by atoms with E-state index < -0.39 is 0 Å². The molecule has 0 N–H and O–H groups in total. The van der Waals surface area contributed by atoms with E-state index in [4.69, 9.17) is 23.2 Å². The van der Waals surface area contributed by atoms with Crippen LogP contribution < -0.4 is 0 Å². The number of aryl methyl sites for hydroxylation is 1. The molecule has 0 radical (unpaired) electrons. The lowest BCUT2D eigenvalue weighted by molar-refractivity contribution is 0.536. The van der Waals surface area contributed by atoms with Gasteiger partial charge in [-0.1, -0.05) is 28.1 Å². The van der Waals surface area contributed by atoms with Crippen LogP contribution >= 0.6 is 39.1 Å². The number of halogens is 3. The maximum atomic E-state index is 6.24. The molecule has 0 aliphatic rings. The summed E-state index contributed by atoms with van der Waals surface area (Å²) < 4.78 is 2.83. The molecule has 0 aliphatic carbocycles. The van der Waals surface area contributed by atoms with Crippen LogP contribution in [0, 0.1) is 0 Å². The Morgan fingerprint density at radius 1 is 1.32 bits per heavy atom. The number of aromatic nitrogens is 2. The Morgan fingerprint density at radius 3 is 2.58 bits per heavy atom. The summed E-state index contributed by atoms with van der Waals surface area (Å²) in [5.74, 6) is 0.948. The van der Waals surface area contributed by atoms with Crippen molar-refractivity contribution in [1.29, 1.82) is 0 Å². The summed E-state index contributed by atoms with van der Waals surface area (Å²) in [5.41, 5.74) is 2.02. The minimum Gasteiger partial charge on any atom is -0.276 e. The van der Waals surface area contributed by atoms with E-state index in [1.165, 1.54) is 0 Å². The average Bonchev–Trinajstić information content (AvgIpc) is 2.81.